The zero-order chi connectivity index (χ0) is 11.4. The van der Waals surface area contributed by atoms with Gasteiger partial charge in [0.2, 0.25) is 0 Å². The highest BCUT2D eigenvalue weighted by Crippen LogP contribution is 2.32. The molecule has 1 aromatic carbocycles. The van der Waals surface area contributed by atoms with E-state index in [1.807, 2.05) is 18.2 Å². The lowest BCUT2D eigenvalue weighted by molar-refractivity contribution is 0.112. The topological polar surface area (TPSA) is 20.3 Å². The molecule has 0 heterocycles. The summed E-state index contributed by atoms with van der Waals surface area (Å²) in [5.41, 5.74) is 1.92. The molecule has 0 amide bonds. The minimum atomic E-state index is 0.816. The molecule has 1 aliphatic rings. The van der Waals surface area contributed by atoms with E-state index in [2.05, 4.69) is 17.9 Å². The number of benzene rings is 1. The first kappa shape index (κ1) is 11.2. The zero-order valence-corrected chi connectivity index (χ0v) is 9.86. The second-order valence-corrected chi connectivity index (χ2v) is 4.57. The van der Waals surface area contributed by atoms with Gasteiger partial charge in [0, 0.05) is 24.3 Å². The van der Waals surface area contributed by atoms with E-state index < -0.39 is 0 Å². The van der Waals surface area contributed by atoms with Gasteiger partial charge in [-0.15, -0.1) is 0 Å². The number of rotatable bonds is 6. The van der Waals surface area contributed by atoms with Crippen LogP contribution in [-0.2, 0) is 0 Å². The average Bonchev–Trinajstić information content (AvgIpc) is 3.12. The first-order valence-electron chi connectivity index (χ1n) is 6.14. The van der Waals surface area contributed by atoms with Gasteiger partial charge in [0.25, 0.3) is 0 Å². The van der Waals surface area contributed by atoms with Gasteiger partial charge in [-0.3, -0.25) is 4.79 Å². The predicted octanol–water partition coefficient (Wildman–Crippen LogP) is 3.13. The van der Waals surface area contributed by atoms with Crippen LogP contribution >= 0.6 is 0 Å². The van der Waals surface area contributed by atoms with E-state index in [1.54, 1.807) is 0 Å². The van der Waals surface area contributed by atoms with Crippen molar-refractivity contribution in [3.05, 3.63) is 29.8 Å². The number of carbonyl (C=O) groups is 1. The minimum Gasteiger partial charge on any atom is -0.371 e. The lowest BCUT2D eigenvalue weighted by Gasteiger charge is -2.25. The van der Waals surface area contributed by atoms with Gasteiger partial charge in [0.1, 0.15) is 0 Å². The Morgan fingerprint density at radius 1 is 1.38 bits per heavy atom. The van der Waals surface area contributed by atoms with Crippen LogP contribution in [0.3, 0.4) is 0 Å². The standard InChI is InChI=1S/C14H19NO/c1-2-9-15(10-12-7-8-12)14-6-4-3-5-13(14)11-16/h3-6,11-12H,2,7-10H2,1H3. The number of carbonyl (C=O) groups excluding carboxylic acids is 1. The SMILES string of the molecule is CCCN(CC1CC1)c1ccccc1C=O. The van der Waals surface area contributed by atoms with Crippen LogP contribution in [0, 0.1) is 5.92 Å². The summed E-state index contributed by atoms with van der Waals surface area (Å²) in [5, 5.41) is 0. The van der Waals surface area contributed by atoms with Crippen molar-refractivity contribution in [2.24, 2.45) is 5.92 Å². The van der Waals surface area contributed by atoms with Crippen molar-refractivity contribution >= 4 is 12.0 Å². The van der Waals surface area contributed by atoms with Crippen molar-refractivity contribution in [1.29, 1.82) is 0 Å². The van der Waals surface area contributed by atoms with Crippen LogP contribution in [0.1, 0.15) is 36.5 Å². The summed E-state index contributed by atoms with van der Waals surface area (Å²) in [5.74, 6) is 0.853. The molecule has 2 nitrogen and oxygen atoms in total. The van der Waals surface area contributed by atoms with Crippen LogP contribution in [0.25, 0.3) is 0 Å². The zero-order valence-electron chi connectivity index (χ0n) is 9.86. The Morgan fingerprint density at radius 3 is 2.75 bits per heavy atom. The molecule has 0 unspecified atom stereocenters. The maximum atomic E-state index is 11.0. The Bertz CT molecular complexity index is 358. The summed E-state index contributed by atoms with van der Waals surface area (Å²) in [6.07, 6.45) is 4.79. The summed E-state index contributed by atoms with van der Waals surface area (Å²) in [7, 11) is 0. The quantitative estimate of drug-likeness (QED) is 0.682. The van der Waals surface area contributed by atoms with Crippen LogP contribution in [0.5, 0.6) is 0 Å². The summed E-state index contributed by atoms with van der Waals surface area (Å²) in [6, 6.07) is 7.89. The van der Waals surface area contributed by atoms with Crippen LogP contribution in [0.4, 0.5) is 5.69 Å². The van der Waals surface area contributed by atoms with Crippen molar-refractivity contribution in [3.8, 4) is 0 Å². The molecule has 16 heavy (non-hydrogen) atoms. The molecule has 0 N–H and O–H groups in total. The fourth-order valence-electron chi connectivity index (χ4n) is 2.07. The first-order chi connectivity index (χ1) is 7.85. The Labute approximate surface area is 97.3 Å². The van der Waals surface area contributed by atoms with E-state index in [9.17, 15) is 4.79 Å². The molecule has 0 radical (unpaired) electrons. The number of anilines is 1. The number of hydrogen-bond acceptors (Lipinski definition) is 2. The van der Waals surface area contributed by atoms with E-state index in [0.717, 1.165) is 43.0 Å². The third kappa shape index (κ3) is 2.63. The van der Waals surface area contributed by atoms with Gasteiger partial charge in [0.05, 0.1) is 0 Å². The molecule has 2 heteroatoms. The smallest absolute Gasteiger partial charge is 0.152 e. The molecule has 1 fully saturated rings. The van der Waals surface area contributed by atoms with Gasteiger partial charge in [-0.1, -0.05) is 19.1 Å². The summed E-state index contributed by atoms with van der Waals surface area (Å²) < 4.78 is 0. The first-order valence-corrected chi connectivity index (χ1v) is 6.14. The molecule has 0 atom stereocenters. The van der Waals surface area contributed by atoms with E-state index >= 15 is 0 Å². The fourth-order valence-corrected chi connectivity index (χ4v) is 2.07. The molecule has 86 valence electrons. The lowest BCUT2D eigenvalue weighted by atomic mass is 10.1. The van der Waals surface area contributed by atoms with Crippen LogP contribution in [-0.4, -0.2) is 19.4 Å². The van der Waals surface area contributed by atoms with Crippen molar-refractivity contribution in [1.82, 2.24) is 0 Å². The van der Waals surface area contributed by atoms with E-state index in [-0.39, 0.29) is 0 Å². The Balaban J connectivity index is 2.18. The van der Waals surface area contributed by atoms with Crippen molar-refractivity contribution in [2.45, 2.75) is 26.2 Å². The van der Waals surface area contributed by atoms with Crippen molar-refractivity contribution in [2.75, 3.05) is 18.0 Å². The molecular formula is C14H19NO. The van der Waals surface area contributed by atoms with E-state index in [4.69, 9.17) is 0 Å². The fraction of sp³-hybridized carbons (Fsp3) is 0.500. The highest BCUT2D eigenvalue weighted by atomic mass is 16.1. The molecule has 0 spiro atoms. The molecule has 0 bridgehead atoms. The monoisotopic (exact) mass is 217 g/mol. The third-order valence-electron chi connectivity index (χ3n) is 3.07. The maximum Gasteiger partial charge on any atom is 0.152 e. The van der Waals surface area contributed by atoms with Gasteiger partial charge in [-0.25, -0.2) is 0 Å². The largest absolute Gasteiger partial charge is 0.371 e. The van der Waals surface area contributed by atoms with Gasteiger partial charge < -0.3 is 4.90 Å². The van der Waals surface area contributed by atoms with Gasteiger partial charge in [-0.2, -0.15) is 0 Å². The van der Waals surface area contributed by atoms with E-state index in [0.29, 0.717) is 0 Å². The average molecular weight is 217 g/mol. The third-order valence-corrected chi connectivity index (χ3v) is 3.07. The molecule has 1 aliphatic carbocycles. The van der Waals surface area contributed by atoms with Gasteiger partial charge in [-0.05, 0) is 37.3 Å². The number of hydrogen-bond donors (Lipinski definition) is 0. The Morgan fingerprint density at radius 2 is 2.12 bits per heavy atom. The van der Waals surface area contributed by atoms with Crippen molar-refractivity contribution in [3.63, 3.8) is 0 Å². The molecule has 2 rings (SSSR count). The van der Waals surface area contributed by atoms with Crippen LogP contribution < -0.4 is 4.90 Å². The number of aldehydes is 1. The maximum absolute atomic E-state index is 11.0. The molecule has 0 aliphatic heterocycles. The predicted molar refractivity (Wildman–Crippen MR) is 67.1 cm³/mol. The molecule has 1 aromatic rings. The van der Waals surface area contributed by atoms with Crippen LogP contribution in [0.15, 0.2) is 24.3 Å². The van der Waals surface area contributed by atoms with Gasteiger partial charge in [0.15, 0.2) is 6.29 Å². The summed E-state index contributed by atoms with van der Waals surface area (Å²) in [4.78, 5) is 13.4. The summed E-state index contributed by atoms with van der Waals surface area (Å²) >= 11 is 0. The minimum absolute atomic E-state index is 0.816. The summed E-state index contributed by atoms with van der Waals surface area (Å²) in [6.45, 7) is 4.34. The van der Waals surface area contributed by atoms with Crippen LogP contribution in [0.2, 0.25) is 0 Å². The van der Waals surface area contributed by atoms with Gasteiger partial charge >= 0.3 is 0 Å². The highest BCUT2D eigenvalue weighted by molar-refractivity contribution is 5.84. The number of nitrogens with zero attached hydrogens (tertiary/aromatic N) is 1. The van der Waals surface area contributed by atoms with E-state index in [1.165, 1.54) is 12.8 Å². The molecule has 1 saturated carbocycles. The second kappa shape index (κ2) is 5.15. The highest BCUT2D eigenvalue weighted by Gasteiger charge is 2.24. The molecule has 0 aromatic heterocycles. The molecular weight excluding hydrogens is 198 g/mol. The number of para-hydroxylation sites is 1. The normalized spacial score (nSPS) is 14.8. The van der Waals surface area contributed by atoms with Crippen molar-refractivity contribution < 1.29 is 4.79 Å². The Kier molecular flexibility index (Phi) is 3.60. The molecule has 0 saturated heterocycles. The Hall–Kier alpha value is -1.31. The second-order valence-electron chi connectivity index (χ2n) is 4.57. The lowest BCUT2D eigenvalue weighted by Crippen LogP contribution is -2.27.